The summed E-state index contributed by atoms with van der Waals surface area (Å²) in [5.41, 5.74) is 0.348. The van der Waals surface area contributed by atoms with E-state index in [0.29, 0.717) is 11.6 Å². The van der Waals surface area contributed by atoms with Crippen LogP contribution in [0.1, 0.15) is 27.2 Å². The van der Waals surface area contributed by atoms with Gasteiger partial charge in [-0.15, -0.1) is 0 Å². The SMILES string of the molecule is CCC(C)C(C)Nc1ccc(O)cc1[N+](=O)[O-]. The first-order chi connectivity index (χ1) is 7.95. The molecule has 0 radical (unpaired) electrons. The molecule has 2 atom stereocenters. The third-order valence-corrected chi connectivity index (χ3v) is 3.06. The first kappa shape index (κ1) is 13.3. The van der Waals surface area contributed by atoms with Gasteiger partial charge < -0.3 is 10.4 Å². The van der Waals surface area contributed by atoms with E-state index in [9.17, 15) is 15.2 Å². The zero-order valence-electron chi connectivity index (χ0n) is 10.3. The van der Waals surface area contributed by atoms with E-state index in [0.717, 1.165) is 12.5 Å². The lowest BCUT2D eigenvalue weighted by Crippen LogP contribution is -2.23. The minimum atomic E-state index is -0.495. The molecule has 0 bridgehead atoms. The third kappa shape index (κ3) is 3.34. The molecule has 2 unspecified atom stereocenters. The Bertz CT molecular complexity index is 407. The molecule has 0 amide bonds. The van der Waals surface area contributed by atoms with Gasteiger partial charge in [0.25, 0.3) is 5.69 Å². The fraction of sp³-hybridized carbons (Fsp3) is 0.500. The Hall–Kier alpha value is -1.78. The summed E-state index contributed by atoms with van der Waals surface area (Å²) in [5.74, 6) is 0.321. The number of hydrogen-bond acceptors (Lipinski definition) is 4. The van der Waals surface area contributed by atoms with E-state index in [-0.39, 0.29) is 17.5 Å². The minimum absolute atomic E-state index is 0.0971. The quantitative estimate of drug-likeness (QED) is 0.469. The van der Waals surface area contributed by atoms with Gasteiger partial charge in [-0.3, -0.25) is 10.1 Å². The Labute approximate surface area is 101 Å². The van der Waals surface area contributed by atoms with Gasteiger partial charge in [0.05, 0.1) is 11.0 Å². The van der Waals surface area contributed by atoms with Crippen molar-refractivity contribution in [3.05, 3.63) is 28.3 Å². The molecule has 0 aliphatic heterocycles. The number of aromatic hydroxyl groups is 1. The molecule has 17 heavy (non-hydrogen) atoms. The van der Waals surface area contributed by atoms with Crippen LogP contribution in [0.2, 0.25) is 0 Å². The van der Waals surface area contributed by atoms with Crippen molar-refractivity contribution in [1.82, 2.24) is 0 Å². The Morgan fingerprint density at radius 3 is 2.65 bits per heavy atom. The van der Waals surface area contributed by atoms with E-state index >= 15 is 0 Å². The largest absolute Gasteiger partial charge is 0.508 e. The Kier molecular flexibility index (Phi) is 4.31. The molecule has 0 fully saturated rings. The van der Waals surface area contributed by atoms with Gasteiger partial charge in [-0.05, 0) is 25.0 Å². The molecular formula is C12H18N2O3. The van der Waals surface area contributed by atoms with Crippen molar-refractivity contribution in [3.63, 3.8) is 0 Å². The zero-order valence-corrected chi connectivity index (χ0v) is 10.3. The number of rotatable bonds is 5. The highest BCUT2D eigenvalue weighted by molar-refractivity contribution is 5.64. The van der Waals surface area contributed by atoms with Gasteiger partial charge in [-0.2, -0.15) is 0 Å². The third-order valence-electron chi connectivity index (χ3n) is 3.06. The summed E-state index contributed by atoms with van der Waals surface area (Å²) in [4.78, 5) is 10.4. The maximum Gasteiger partial charge on any atom is 0.296 e. The van der Waals surface area contributed by atoms with Crippen LogP contribution in [0.4, 0.5) is 11.4 Å². The lowest BCUT2D eigenvalue weighted by atomic mass is 10.0. The Balaban J connectivity index is 2.94. The molecule has 0 aromatic heterocycles. The maximum absolute atomic E-state index is 10.8. The number of phenols is 1. The van der Waals surface area contributed by atoms with Crippen molar-refractivity contribution in [2.24, 2.45) is 5.92 Å². The second-order valence-corrected chi connectivity index (χ2v) is 4.28. The van der Waals surface area contributed by atoms with Gasteiger partial charge in [0.2, 0.25) is 0 Å². The number of nitro groups is 1. The van der Waals surface area contributed by atoms with Crippen molar-refractivity contribution in [3.8, 4) is 5.75 Å². The average molecular weight is 238 g/mol. The van der Waals surface area contributed by atoms with Gasteiger partial charge in [0, 0.05) is 6.04 Å². The Morgan fingerprint density at radius 2 is 2.12 bits per heavy atom. The highest BCUT2D eigenvalue weighted by Crippen LogP contribution is 2.29. The molecule has 2 N–H and O–H groups in total. The van der Waals surface area contributed by atoms with Crippen molar-refractivity contribution in [2.45, 2.75) is 33.2 Å². The standard InChI is InChI=1S/C12H18N2O3/c1-4-8(2)9(3)13-11-6-5-10(15)7-12(11)14(16)17/h5-9,13,15H,4H2,1-3H3. The van der Waals surface area contributed by atoms with Crippen LogP contribution in [-0.2, 0) is 0 Å². The number of nitrogens with one attached hydrogen (secondary N) is 1. The number of phenolic OH excluding ortho intramolecular Hbond substituents is 1. The first-order valence-electron chi connectivity index (χ1n) is 5.69. The normalized spacial score (nSPS) is 14.1. The molecule has 0 heterocycles. The number of nitro benzene ring substituents is 1. The summed E-state index contributed by atoms with van der Waals surface area (Å²) in [5, 5.41) is 23.2. The highest BCUT2D eigenvalue weighted by atomic mass is 16.6. The van der Waals surface area contributed by atoms with Gasteiger partial charge in [-0.1, -0.05) is 20.3 Å². The van der Waals surface area contributed by atoms with Crippen LogP contribution < -0.4 is 5.32 Å². The first-order valence-corrected chi connectivity index (χ1v) is 5.69. The summed E-state index contributed by atoms with van der Waals surface area (Å²) in [6.07, 6.45) is 1.00. The van der Waals surface area contributed by atoms with Gasteiger partial charge >= 0.3 is 0 Å². The van der Waals surface area contributed by atoms with Crippen LogP contribution in [0.3, 0.4) is 0 Å². The fourth-order valence-electron chi connectivity index (χ4n) is 1.53. The van der Waals surface area contributed by atoms with Crippen LogP contribution >= 0.6 is 0 Å². The summed E-state index contributed by atoms with van der Waals surface area (Å²) in [6.45, 7) is 6.16. The number of nitrogens with zero attached hydrogens (tertiary/aromatic N) is 1. The Morgan fingerprint density at radius 1 is 1.47 bits per heavy atom. The monoisotopic (exact) mass is 238 g/mol. The van der Waals surface area contributed by atoms with E-state index in [1.54, 1.807) is 0 Å². The molecule has 94 valence electrons. The lowest BCUT2D eigenvalue weighted by Gasteiger charge is -2.20. The highest BCUT2D eigenvalue weighted by Gasteiger charge is 2.18. The zero-order chi connectivity index (χ0) is 13.0. The molecule has 0 saturated heterocycles. The molecule has 1 rings (SSSR count). The van der Waals surface area contributed by atoms with Gasteiger partial charge in [0.1, 0.15) is 11.4 Å². The van der Waals surface area contributed by atoms with Crippen LogP contribution in [0.15, 0.2) is 18.2 Å². The molecule has 1 aromatic carbocycles. The van der Waals surface area contributed by atoms with Crippen molar-refractivity contribution >= 4 is 11.4 Å². The molecular weight excluding hydrogens is 220 g/mol. The average Bonchev–Trinajstić information content (AvgIpc) is 2.29. The van der Waals surface area contributed by atoms with Crippen LogP contribution in [0, 0.1) is 16.0 Å². The second-order valence-electron chi connectivity index (χ2n) is 4.28. The molecule has 5 heteroatoms. The smallest absolute Gasteiger partial charge is 0.296 e. The van der Waals surface area contributed by atoms with Crippen LogP contribution in [-0.4, -0.2) is 16.1 Å². The second kappa shape index (κ2) is 5.52. The molecule has 0 saturated carbocycles. The molecule has 0 spiro atoms. The molecule has 5 nitrogen and oxygen atoms in total. The molecule has 1 aromatic rings. The number of benzene rings is 1. The van der Waals surface area contributed by atoms with E-state index in [2.05, 4.69) is 19.2 Å². The maximum atomic E-state index is 10.8. The van der Waals surface area contributed by atoms with E-state index in [1.165, 1.54) is 12.1 Å². The minimum Gasteiger partial charge on any atom is -0.508 e. The van der Waals surface area contributed by atoms with Crippen molar-refractivity contribution in [2.75, 3.05) is 5.32 Å². The number of hydrogen-bond donors (Lipinski definition) is 2. The van der Waals surface area contributed by atoms with Gasteiger partial charge in [0.15, 0.2) is 0 Å². The van der Waals surface area contributed by atoms with Crippen molar-refractivity contribution in [1.29, 1.82) is 0 Å². The summed E-state index contributed by atoms with van der Waals surface area (Å²) in [7, 11) is 0. The summed E-state index contributed by atoms with van der Waals surface area (Å²) >= 11 is 0. The molecule has 0 aliphatic rings. The van der Waals surface area contributed by atoms with E-state index < -0.39 is 4.92 Å². The summed E-state index contributed by atoms with van der Waals surface area (Å²) in [6, 6.07) is 4.28. The van der Waals surface area contributed by atoms with Crippen LogP contribution in [0.25, 0.3) is 0 Å². The predicted octanol–water partition coefficient (Wildman–Crippen LogP) is 3.15. The predicted molar refractivity (Wildman–Crippen MR) is 67.3 cm³/mol. The van der Waals surface area contributed by atoms with Gasteiger partial charge in [-0.25, -0.2) is 0 Å². The van der Waals surface area contributed by atoms with E-state index in [4.69, 9.17) is 0 Å². The van der Waals surface area contributed by atoms with E-state index in [1.807, 2.05) is 6.92 Å². The lowest BCUT2D eigenvalue weighted by molar-refractivity contribution is -0.384. The molecule has 0 aliphatic carbocycles. The number of anilines is 1. The van der Waals surface area contributed by atoms with Crippen molar-refractivity contribution < 1.29 is 10.0 Å². The van der Waals surface area contributed by atoms with Crippen LogP contribution in [0.5, 0.6) is 5.75 Å². The summed E-state index contributed by atoms with van der Waals surface area (Å²) < 4.78 is 0. The fourth-order valence-corrected chi connectivity index (χ4v) is 1.53. The topological polar surface area (TPSA) is 75.4 Å².